The SMILES string of the molecule is Cc1nn(C)c(N2CCCN(CCO)CC2)c1CO. The summed E-state index contributed by atoms with van der Waals surface area (Å²) in [6.07, 6.45) is 1.06. The van der Waals surface area contributed by atoms with Gasteiger partial charge in [0.05, 0.1) is 18.9 Å². The van der Waals surface area contributed by atoms with Crippen molar-refractivity contribution in [2.24, 2.45) is 7.05 Å². The molecule has 1 aromatic rings. The minimum absolute atomic E-state index is 0.0336. The number of nitrogens with zero attached hydrogens (tertiary/aromatic N) is 4. The Morgan fingerprint density at radius 2 is 1.95 bits per heavy atom. The van der Waals surface area contributed by atoms with Gasteiger partial charge in [0.15, 0.2) is 0 Å². The predicted molar refractivity (Wildman–Crippen MR) is 74.2 cm³/mol. The Kier molecular flexibility index (Phi) is 4.79. The van der Waals surface area contributed by atoms with Crippen LogP contribution in [0.15, 0.2) is 0 Å². The third-order valence-corrected chi connectivity index (χ3v) is 3.78. The lowest BCUT2D eigenvalue weighted by Gasteiger charge is -2.24. The number of β-amino-alcohol motifs (C(OH)–C–C–N with tert-alkyl or cyclic N) is 1. The van der Waals surface area contributed by atoms with Crippen molar-refractivity contribution in [1.82, 2.24) is 14.7 Å². The van der Waals surface area contributed by atoms with Crippen LogP contribution in [0.5, 0.6) is 0 Å². The number of aliphatic hydroxyl groups excluding tert-OH is 2. The van der Waals surface area contributed by atoms with Gasteiger partial charge >= 0.3 is 0 Å². The van der Waals surface area contributed by atoms with Crippen LogP contribution in [0.3, 0.4) is 0 Å². The van der Waals surface area contributed by atoms with Crippen molar-refractivity contribution in [2.45, 2.75) is 20.0 Å². The first-order valence-electron chi connectivity index (χ1n) is 6.89. The Labute approximate surface area is 114 Å². The molecule has 0 amide bonds. The molecule has 0 bridgehead atoms. The van der Waals surface area contributed by atoms with Crippen molar-refractivity contribution in [3.63, 3.8) is 0 Å². The molecule has 0 aromatic carbocycles. The summed E-state index contributed by atoms with van der Waals surface area (Å²) in [5.41, 5.74) is 1.83. The molecule has 108 valence electrons. The highest BCUT2D eigenvalue weighted by Gasteiger charge is 2.21. The van der Waals surface area contributed by atoms with Crippen LogP contribution in [0.4, 0.5) is 5.82 Å². The average Bonchev–Trinajstić information content (AvgIpc) is 2.55. The van der Waals surface area contributed by atoms with Crippen molar-refractivity contribution in [1.29, 1.82) is 0 Å². The second-order valence-corrected chi connectivity index (χ2v) is 5.08. The van der Waals surface area contributed by atoms with E-state index >= 15 is 0 Å². The van der Waals surface area contributed by atoms with Crippen molar-refractivity contribution in [2.75, 3.05) is 44.2 Å². The molecule has 0 spiro atoms. The predicted octanol–water partition coefficient (Wildman–Crippen LogP) is -0.275. The van der Waals surface area contributed by atoms with Crippen LogP contribution in [0.2, 0.25) is 0 Å². The van der Waals surface area contributed by atoms with Gasteiger partial charge in [-0.15, -0.1) is 0 Å². The van der Waals surface area contributed by atoms with Crippen LogP contribution in [0.1, 0.15) is 17.7 Å². The fraction of sp³-hybridized carbons (Fsp3) is 0.769. The van der Waals surface area contributed by atoms with Crippen LogP contribution in [-0.2, 0) is 13.7 Å². The van der Waals surface area contributed by atoms with E-state index in [4.69, 9.17) is 5.11 Å². The lowest BCUT2D eigenvalue weighted by atomic mass is 10.2. The smallest absolute Gasteiger partial charge is 0.132 e. The van der Waals surface area contributed by atoms with Gasteiger partial charge in [0.25, 0.3) is 0 Å². The molecule has 2 heterocycles. The molecule has 2 N–H and O–H groups in total. The molecule has 1 aliphatic rings. The summed E-state index contributed by atoms with van der Waals surface area (Å²) in [7, 11) is 1.93. The Balaban J connectivity index is 2.14. The van der Waals surface area contributed by atoms with Gasteiger partial charge in [-0.05, 0) is 19.9 Å². The highest BCUT2D eigenvalue weighted by Crippen LogP contribution is 2.24. The molecule has 0 aliphatic carbocycles. The van der Waals surface area contributed by atoms with Crippen molar-refractivity contribution in [3.8, 4) is 0 Å². The molecular formula is C13H24N4O2. The molecule has 0 atom stereocenters. The van der Waals surface area contributed by atoms with E-state index in [1.54, 1.807) is 0 Å². The van der Waals surface area contributed by atoms with Crippen LogP contribution in [0.25, 0.3) is 0 Å². The van der Waals surface area contributed by atoms with E-state index < -0.39 is 0 Å². The average molecular weight is 268 g/mol. The number of aliphatic hydroxyl groups is 2. The zero-order chi connectivity index (χ0) is 13.8. The Morgan fingerprint density at radius 1 is 1.16 bits per heavy atom. The molecule has 2 rings (SSSR count). The summed E-state index contributed by atoms with van der Waals surface area (Å²) in [5, 5.41) is 23.0. The van der Waals surface area contributed by atoms with Gasteiger partial charge in [-0.3, -0.25) is 9.58 Å². The topological polar surface area (TPSA) is 64.8 Å². The molecule has 6 nitrogen and oxygen atoms in total. The Morgan fingerprint density at radius 3 is 2.63 bits per heavy atom. The highest BCUT2D eigenvalue weighted by atomic mass is 16.3. The first-order valence-corrected chi connectivity index (χ1v) is 6.89. The molecule has 1 aliphatic heterocycles. The highest BCUT2D eigenvalue weighted by molar-refractivity contribution is 5.50. The first-order chi connectivity index (χ1) is 9.17. The lowest BCUT2D eigenvalue weighted by Crippen LogP contribution is -2.33. The molecule has 0 unspecified atom stereocenters. The lowest BCUT2D eigenvalue weighted by molar-refractivity contribution is 0.204. The van der Waals surface area contributed by atoms with Gasteiger partial charge in [-0.25, -0.2) is 0 Å². The van der Waals surface area contributed by atoms with E-state index in [2.05, 4.69) is 14.9 Å². The normalized spacial score (nSPS) is 17.8. The number of anilines is 1. The van der Waals surface area contributed by atoms with Crippen molar-refractivity contribution < 1.29 is 10.2 Å². The third-order valence-electron chi connectivity index (χ3n) is 3.78. The first kappa shape index (κ1) is 14.3. The standard InChI is InChI=1S/C13H24N4O2/c1-11-12(10-19)13(15(2)14-11)17-5-3-4-16(6-7-17)8-9-18/h18-19H,3-10H2,1-2H3. The summed E-state index contributed by atoms with van der Waals surface area (Å²) in [6, 6.07) is 0. The molecule has 0 radical (unpaired) electrons. The Bertz CT molecular complexity index is 419. The van der Waals surface area contributed by atoms with E-state index in [-0.39, 0.29) is 13.2 Å². The van der Waals surface area contributed by atoms with Crippen molar-refractivity contribution in [3.05, 3.63) is 11.3 Å². The second kappa shape index (κ2) is 6.36. The van der Waals surface area contributed by atoms with Crippen LogP contribution < -0.4 is 4.90 Å². The van der Waals surface area contributed by atoms with Crippen LogP contribution in [-0.4, -0.2) is 64.2 Å². The molecular weight excluding hydrogens is 244 g/mol. The van der Waals surface area contributed by atoms with Gasteiger partial charge in [0.2, 0.25) is 0 Å². The van der Waals surface area contributed by atoms with Gasteiger partial charge in [-0.1, -0.05) is 0 Å². The third kappa shape index (κ3) is 3.08. The molecule has 1 fully saturated rings. The molecule has 1 saturated heterocycles. The maximum Gasteiger partial charge on any atom is 0.132 e. The zero-order valence-corrected chi connectivity index (χ0v) is 11.8. The van der Waals surface area contributed by atoms with E-state index in [0.717, 1.165) is 56.2 Å². The Hall–Kier alpha value is -1.11. The summed E-state index contributed by atoms with van der Waals surface area (Å²) >= 11 is 0. The van der Waals surface area contributed by atoms with E-state index in [9.17, 15) is 5.11 Å². The summed E-state index contributed by atoms with van der Waals surface area (Å²) in [5.74, 6) is 1.03. The maximum absolute atomic E-state index is 9.53. The molecule has 6 heteroatoms. The number of hydrogen-bond acceptors (Lipinski definition) is 5. The summed E-state index contributed by atoms with van der Waals surface area (Å²) < 4.78 is 1.86. The van der Waals surface area contributed by atoms with Crippen LogP contribution in [0, 0.1) is 6.92 Å². The fourth-order valence-corrected chi connectivity index (χ4v) is 2.82. The summed E-state index contributed by atoms with van der Waals surface area (Å²) in [6.45, 7) is 6.76. The van der Waals surface area contributed by atoms with Gasteiger partial charge in [0.1, 0.15) is 5.82 Å². The number of rotatable bonds is 4. The van der Waals surface area contributed by atoms with E-state index in [0.29, 0.717) is 0 Å². The van der Waals surface area contributed by atoms with Gasteiger partial charge < -0.3 is 15.1 Å². The van der Waals surface area contributed by atoms with Gasteiger partial charge in [0, 0.05) is 38.8 Å². The van der Waals surface area contributed by atoms with E-state index in [1.165, 1.54) is 0 Å². The van der Waals surface area contributed by atoms with E-state index in [1.807, 2.05) is 18.7 Å². The molecule has 19 heavy (non-hydrogen) atoms. The van der Waals surface area contributed by atoms with Gasteiger partial charge in [-0.2, -0.15) is 5.10 Å². The second-order valence-electron chi connectivity index (χ2n) is 5.08. The zero-order valence-electron chi connectivity index (χ0n) is 11.8. The monoisotopic (exact) mass is 268 g/mol. The number of hydrogen-bond donors (Lipinski definition) is 2. The fourth-order valence-electron chi connectivity index (χ4n) is 2.82. The van der Waals surface area contributed by atoms with Crippen LogP contribution >= 0.6 is 0 Å². The number of aromatic nitrogens is 2. The number of aryl methyl sites for hydroxylation is 2. The minimum atomic E-state index is 0.0336. The quantitative estimate of drug-likeness (QED) is 0.787. The largest absolute Gasteiger partial charge is 0.395 e. The minimum Gasteiger partial charge on any atom is -0.395 e. The maximum atomic E-state index is 9.53. The van der Waals surface area contributed by atoms with Crippen molar-refractivity contribution >= 4 is 5.82 Å². The molecule has 0 saturated carbocycles. The molecule has 1 aromatic heterocycles. The summed E-state index contributed by atoms with van der Waals surface area (Å²) in [4.78, 5) is 4.57.